The van der Waals surface area contributed by atoms with Gasteiger partial charge in [0, 0.05) is 24.3 Å². The molecule has 0 bridgehead atoms. The van der Waals surface area contributed by atoms with Crippen LogP contribution in [0.5, 0.6) is 5.88 Å². The molecule has 1 N–H and O–H groups in total. The van der Waals surface area contributed by atoms with E-state index >= 15 is 0 Å². The normalized spacial score (nSPS) is 12.7. The molecule has 0 aliphatic rings. The van der Waals surface area contributed by atoms with Crippen LogP contribution in [0.4, 0.5) is 0 Å². The highest BCUT2D eigenvalue weighted by Crippen LogP contribution is 2.20. The maximum Gasteiger partial charge on any atom is 0.267 e. The van der Waals surface area contributed by atoms with Crippen molar-refractivity contribution < 1.29 is 5.11 Å². The average molecular weight is 366 g/mol. The fourth-order valence-electron chi connectivity index (χ4n) is 2.40. The molecule has 128 valence electrons. The van der Waals surface area contributed by atoms with Gasteiger partial charge in [-0.2, -0.15) is 0 Å². The molecule has 1 atom stereocenters. The first-order chi connectivity index (χ1) is 11.4. The second-order valence-corrected chi connectivity index (χ2v) is 6.12. The van der Waals surface area contributed by atoms with Crippen LogP contribution in [0, 0.1) is 4.77 Å². The van der Waals surface area contributed by atoms with Crippen LogP contribution in [-0.2, 0) is 13.1 Å². The molecular formula is C17H20ClN3O2S. The summed E-state index contributed by atoms with van der Waals surface area (Å²) >= 11 is 11.1. The van der Waals surface area contributed by atoms with Gasteiger partial charge in [0.2, 0.25) is 5.88 Å². The molecule has 0 aliphatic carbocycles. The minimum absolute atomic E-state index is 0.146. The van der Waals surface area contributed by atoms with Crippen molar-refractivity contribution in [1.82, 2.24) is 9.13 Å². The van der Waals surface area contributed by atoms with Crippen molar-refractivity contribution in [1.29, 1.82) is 0 Å². The number of nitrogens with zero attached hydrogens (tertiary/aromatic N) is 3. The molecule has 5 nitrogen and oxygen atoms in total. The van der Waals surface area contributed by atoms with Gasteiger partial charge in [-0.05, 0) is 50.7 Å². The van der Waals surface area contributed by atoms with E-state index in [0.717, 1.165) is 5.56 Å². The fraction of sp³-hybridized carbons (Fsp3) is 0.353. The summed E-state index contributed by atoms with van der Waals surface area (Å²) in [7, 11) is 0. The molecule has 2 aromatic rings. The average Bonchev–Trinajstić information content (AvgIpc) is 2.56. The second-order valence-electron chi connectivity index (χ2n) is 5.32. The van der Waals surface area contributed by atoms with E-state index in [9.17, 15) is 9.90 Å². The molecule has 0 saturated heterocycles. The summed E-state index contributed by atoms with van der Waals surface area (Å²) in [4.78, 5) is 16.9. The number of benzene rings is 1. The number of hydrogen-bond donors (Lipinski definition) is 1. The van der Waals surface area contributed by atoms with Crippen LogP contribution in [0.15, 0.2) is 34.1 Å². The van der Waals surface area contributed by atoms with Gasteiger partial charge in [0.25, 0.3) is 5.56 Å². The van der Waals surface area contributed by atoms with Gasteiger partial charge >= 0.3 is 0 Å². The van der Waals surface area contributed by atoms with Gasteiger partial charge in [-0.3, -0.25) is 18.9 Å². The van der Waals surface area contributed by atoms with Crippen LogP contribution in [0.1, 0.15) is 37.9 Å². The van der Waals surface area contributed by atoms with Crippen LogP contribution >= 0.6 is 23.8 Å². The molecule has 1 aromatic carbocycles. The van der Waals surface area contributed by atoms with Gasteiger partial charge in [-0.15, -0.1) is 0 Å². The summed E-state index contributed by atoms with van der Waals surface area (Å²) in [5, 5.41) is 11.0. The van der Waals surface area contributed by atoms with E-state index in [0.29, 0.717) is 22.9 Å². The highest BCUT2D eigenvalue weighted by Gasteiger charge is 2.14. The van der Waals surface area contributed by atoms with Crippen LogP contribution in [0.3, 0.4) is 0 Å². The summed E-state index contributed by atoms with van der Waals surface area (Å²) in [6.07, 6.45) is 1.42. The van der Waals surface area contributed by atoms with E-state index in [1.165, 1.54) is 15.3 Å². The van der Waals surface area contributed by atoms with Crippen molar-refractivity contribution in [3.63, 3.8) is 0 Å². The van der Waals surface area contributed by atoms with Crippen molar-refractivity contribution in [3.8, 4) is 5.88 Å². The highest BCUT2D eigenvalue weighted by molar-refractivity contribution is 7.71. The zero-order chi connectivity index (χ0) is 17.9. The van der Waals surface area contributed by atoms with Crippen LogP contribution in [0.25, 0.3) is 0 Å². The SMILES string of the molecule is CCn1c(O)c(C=NC(C)c2ccc(Cl)cc2)c(=O)n(CC)c1=S. The molecule has 7 heteroatoms. The lowest BCUT2D eigenvalue weighted by Crippen LogP contribution is -2.28. The van der Waals surface area contributed by atoms with Crippen molar-refractivity contribution in [2.24, 2.45) is 4.99 Å². The highest BCUT2D eigenvalue weighted by atomic mass is 35.5. The Bertz CT molecular complexity index is 869. The van der Waals surface area contributed by atoms with E-state index in [4.69, 9.17) is 23.8 Å². The van der Waals surface area contributed by atoms with Gasteiger partial charge in [-0.25, -0.2) is 0 Å². The third kappa shape index (κ3) is 3.60. The van der Waals surface area contributed by atoms with E-state index in [2.05, 4.69) is 4.99 Å². The van der Waals surface area contributed by atoms with Gasteiger partial charge in [-0.1, -0.05) is 23.7 Å². The van der Waals surface area contributed by atoms with Crippen LogP contribution < -0.4 is 5.56 Å². The fourth-order valence-corrected chi connectivity index (χ4v) is 2.95. The Morgan fingerprint density at radius 1 is 1.25 bits per heavy atom. The van der Waals surface area contributed by atoms with Crippen molar-refractivity contribution in [2.75, 3.05) is 0 Å². The lowest BCUT2D eigenvalue weighted by atomic mass is 10.1. The summed E-state index contributed by atoms with van der Waals surface area (Å²) in [5.41, 5.74) is 0.777. The molecule has 1 aromatic heterocycles. The first-order valence-corrected chi connectivity index (χ1v) is 8.54. The Balaban J connectivity index is 2.47. The quantitative estimate of drug-likeness (QED) is 0.644. The monoisotopic (exact) mass is 365 g/mol. The van der Waals surface area contributed by atoms with Crippen molar-refractivity contribution in [3.05, 3.63) is 55.5 Å². The van der Waals surface area contributed by atoms with E-state index in [1.807, 2.05) is 32.9 Å². The molecule has 0 spiro atoms. The number of rotatable bonds is 5. The lowest BCUT2D eigenvalue weighted by Gasteiger charge is -2.14. The molecular weight excluding hydrogens is 346 g/mol. The minimum Gasteiger partial charge on any atom is -0.494 e. The molecule has 1 heterocycles. The number of aromatic hydroxyl groups is 1. The molecule has 0 aliphatic heterocycles. The molecule has 0 amide bonds. The van der Waals surface area contributed by atoms with E-state index in [-0.39, 0.29) is 23.0 Å². The Morgan fingerprint density at radius 3 is 2.38 bits per heavy atom. The van der Waals surface area contributed by atoms with Crippen LogP contribution in [-0.4, -0.2) is 20.5 Å². The van der Waals surface area contributed by atoms with Crippen LogP contribution in [0.2, 0.25) is 5.02 Å². The third-order valence-electron chi connectivity index (χ3n) is 3.85. The summed E-state index contributed by atoms with van der Waals surface area (Å²) < 4.78 is 3.28. The molecule has 0 radical (unpaired) electrons. The standard InChI is InChI=1S/C17H20ClN3O2S/c1-4-20-15(22)14(16(23)21(5-2)17(20)24)10-19-11(3)12-6-8-13(18)9-7-12/h6-11,22H,4-5H2,1-3H3. The Hall–Kier alpha value is -1.92. The maximum absolute atomic E-state index is 12.5. The lowest BCUT2D eigenvalue weighted by molar-refractivity contribution is 0.399. The van der Waals surface area contributed by atoms with E-state index < -0.39 is 0 Å². The van der Waals surface area contributed by atoms with Crippen molar-refractivity contribution in [2.45, 2.75) is 39.9 Å². The number of halogens is 1. The summed E-state index contributed by atoms with van der Waals surface area (Å²) in [6, 6.07) is 7.18. The Labute approximate surface area is 150 Å². The largest absolute Gasteiger partial charge is 0.494 e. The Kier molecular flexibility index (Phi) is 5.96. The molecule has 1 unspecified atom stereocenters. The zero-order valence-electron chi connectivity index (χ0n) is 13.9. The summed E-state index contributed by atoms with van der Waals surface area (Å²) in [5.74, 6) is -0.149. The van der Waals surface area contributed by atoms with Gasteiger partial charge in [0.15, 0.2) is 4.77 Å². The maximum atomic E-state index is 12.5. The second kappa shape index (κ2) is 7.77. The number of hydrogen-bond acceptors (Lipinski definition) is 4. The zero-order valence-corrected chi connectivity index (χ0v) is 15.4. The first kappa shape index (κ1) is 18.4. The Morgan fingerprint density at radius 2 is 1.83 bits per heavy atom. The minimum atomic E-state index is -0.336. The van der Waals surface area contributed by atoms with Gasteiger partial charge in [0.05, 0.1) is 6.04 Å². The van der Waals surface area contributed by atoms with E-state index in [1.54, 1.807) is 12.1 Å². The predicted octanol–water partition coefficient (Wildman–Crippen LogP) is 3.96. The molecule has 2 rings (SSSR count). The summed E-state index contributed by atoms with van der Waals surface area (Å²) in [6.45, 7) is 6.51. The number of aliphatic imine (C=N–C) groups is 1. The van der Waals surface area contributed by atoms with Gasteiger partial charge in [0.1, 0.15) is 5.56 Å². The predicted molar refractivity (Wildman–Crippen MR) is 100.0 cm³/mol. The van der Waals surface area contributed by atoms with Crippen molar-refractivity contribution >= 4 is 30.0 Å². The number of aromatic nitrogens is 2. The molecule has 24 heavy (non-hydrogen) atoms. The molecule has 0 fully saturated rings. The molecule has 0 saturated carbocycles. The first-order valence-electron chi connectivity index (χ1n) is 7.75. The topological polar surface area (TPSA) is 59.5 Å². The third-order valence-corrected chi connectivity index (χ3v) is 4.54. The van der Waals surface area contributed by atoms with Gasteiger partial charge < -0.3 is 5.11 Å². The smallest absolute Gasteiger partial charge is 0.267 e.